The van der Waals surface area contributed by atoms with Crippen molar-refractivity contribution in [1.82, 2.24) is 14.8 Å². The summed E-state index contributed by atoms with van der Waals surface area (Å²) in [5.74, 6) is -0.642. The predicted octanol–water partition coefficient (Wildman–Crippen LogP) is 4.46. The minimum Gasteiger partial charge on any atom is -0.380 e. The van der Waals surface area contributed by atoms with Gasteiger partial charge in [-0.2, -0.15) is 18.3 Å². The third-order valence-corrected chi connectivity index (χ3v) is 4.10. The molecule has 3 rings (SSSR count). The van der Waals surface area contributed by atoms with Gasteiger partial charge in [0, 0.05) is 24.6 Å². The number of hydrogen-bond acceptors (Lipinski definition) is 4. The summed E-state index contributed by atoms with van der Waals surface area (Å²) >= 11 is 0. The number of carbonyl (C=O) groups is 1. The molecule has 0 fully saturated rings. The molecular formula is C19H16F4N4O. The Hall–Kier alpha value is -3.23. The monoisotopic (exact) mass is 392 g/mol. The first-order valence-electron chi connectivity index (χ1n) is 8.39. The van der Waals surface area contributed by atoms with Gasteiger partial charge in [-0.3, -0.25) is 14.5 Å². The average molecular weight is 392 g/mol. The molecule has 1 N–H and O–H groups in total. The number of aromatic nitrogens is 3. The molecule has 1 aromatic carbocycles. The van der Waals surface area contributed by atoms with Gasteiger partial charge < -0.3 is 5.32 Å². The Bertz CT molecular complexity index is 969. The van der Waals surface area contributed by atoms with Crippen LogP contribution >= 0.6 is 0 Å². The van der Waals surface area contributed by atoms with Crippen molar-refractivity contribution in [3.63, 3.8) is 0 Å². The van der Waals surface area contributed by atoms with Gasteiger partial charge in [-0.15, -0.1) is 0 Å². The highest BCUT2D eigenvalue weighted by atomic mass is 19.4. The van der Waals surface area contributed by atoms with E-state index in [9.17, 15) is 22.4 Å². The summed E-state index contributed by atoms with van der Waals surface area (Å²) in [4.78, 5) is 15.4. The average Bonchev–Trinajstić information content (AvgIpc) is 3.13. The number of anilines is 1. The maximum atomic E-state index is 13.7. The van der Waals surface area contributed by atoms with Gasteiger partial charge in [0.15, 0.2) is 6.29 Å². The van der Waals surface area contributed by atoms with Crippen LogP contribution in [0, 0.1) is 5.82 Å². The van der Waals surface area contributed by atoms with E-state index in [1.165, 1.54) is 29.2 Å². The Labute approximate surface area is 158 Å². The van der Waals surface area contributed by atoms with E-state index in [0.29, 0.717) is 28.9 Å². The van der Waals surface area contributed by atoms with Crippen LogP contribution in [0.1, 0.15) is 22.3 Å². The number of aryl methyl sites for hydroxylation is 1. The first kappa shape index (κ1) is 19.5. The molecule has 9 heteroatoms. The highest BCUT2D eigenvalue weighted by molar-refractivity contribution is 5.84. The van der Waals surface area contributed by atoms with Crippen LogP contribution in [0.2, 0.25) is 0 Å². The number of alkyl halides is 3. The van der Waals surface area contributed by atoms with Gasteiger partial charge in [0.1, 0.15) is 5.82 Å². The number of nitrogens with zero attached hydrogens (tertiary/aromatic N) is 3. The Kier molecular flexibility index (Phi) is 5.72. The highest BCUT2D eigenvalue weighted by Crippen LogP contribution is 2.26. The van der Waals surface area contributed by atoms with Gasteiger partial charge in [0.2, 0.25) is 0 Å². The van der Waals surface area contributed by atoms with E-state index >= 15 is 0 Å². The topological polar surface area (TPSA) is 59.8 Å². The van der Waals surface area contributed by atoms with Crippen molar-refractivity contribution in [1.29, 1.82) is 0 Å². The van der Waals surface area contributed by atoms with E-state index in [-0.39, 0.29) is 18.7 Å². The fraction of sp³-hybridized carbons (Fsp3) is 0.211. The molecule has 0 saturated carbocycles. The second kappa shape index (κ2) is 8.20. The van der Waals surface area contributed by atoms with Crippen LogP contribution in [0.4, 0.5) is 23.2 Å². The maximum absolute atomic E-state index is 13.7. The molecule has 0 atom stereocenters. The van der Waals surface area contributed by atoms with E-state index in [2.05, 4.69) is 15.4 Å². The second-order valence-electron chi connectivity index (χ2n) is 5.99. The van der Waals surface area contributed by atoms with Gasteiger partial charge in [-0.1, -0.05) is 12.1 Å². The lowest BCUT2D eigenvalue weighted by atomic mass is 10.1. The van der Waals surface area contributed by atoms with Gasteiger partial charge in [0.05, 0.1) is 29.9 Å². The zero-order valence-corrected chi connectivity index (χ0v) is 14.6. The third-order valence-electron chi connectivity index (χ3n) is 4.10. The molecule has 0 amide bonds. The van der Waals surface area contributed by atoms with E-state index in [4.69, 9.17) is 0 Å². The first-order valence-corrected chi connectivity index (χ1v) is 8.39. The number of benzene rings is 1. The van der Waals surface area contributed by atoms with Crippen LogP contribution in [0.15, 0.2) is 48.8 Å². The first-order chi connectivity index (χ1) is 13.4. The van der Waals surface area contributed by atoms with Crippen molar-refractivity contribution >= 4 is 12.0 Å². The summed E-state index contributed by atoms with van der Waals surface area (Å²) < 4.78 is 52.6. The van der Waals surface area contributed by atoms with Crippen molar-refractivity contribution in [2.45, 2.75) is 25.7 Å². The Morgan fingerprint density at radius 1 is 1.11 bits per heavy atom. The molecule has 2 aromatic heterocycles. The molecule has 0 unspecified atom stereocenters. The zero-order chi connectivity index (χ0) is 20.1. The molecular weight excluding hydrogens is 376 g/mol. The largest absolute Gasteiger partial charge is 0.390 e. The molecule has 146 valence electrons. The van der Waals surface area contributed by atoms with Gasteiger partial charge in [-0.25, -0.2) is 4.39 Å². The second-order valence-corrected chi connectivity index (χ2v) is 5.99. The molecule has 0 radical (unpaired) electrons. The molecule has 3 aromatic rings. The minimum atomic E-state index is -4.29. The molecule has 0 aliphatic rings. The highest BCUT2D eigenvalue weighted by Gasteiger charge is 2.27. The van der Waals surface area contributed by atoms with E-state index in [1.807, 2.05) is 0 Å². The van der Waals surface area contributed by atoms with Crippen molar-refractivity contribution in [3.05, 3.63) is 65.7 Å². The molecule has 5 nitrogen and oxygen atoms in total. The van der Waals surface area contributed by atoms with E-state index in [1.54, 1.807) is 24.3 Å². The number of carbonyl (C=O) groups excluding carboxylic acids is 1. The Morgan fingerprint density at radius 2 is 1.93 bits per heavy atom. The standard InChI is InChI=1S/C19H16F4N4O/c20-15-4-1-5-16(14(15)12-28)25-11-13-3-2-8-24-18(13)17-6-9-26-27(17)10-7-19(21,22)23/h1-6,8-9,12,25H,7,10-11H2. The normalized spacial score (nSPS) is 11.4. The number of hydrogen-bond donors (Lipinski definition) is 1. The molecule has 28 heavy (non-hydrogen) atoms. The number of aldehydes is 1. The lowest BCUT2D eigenvalue weighted by molar-refractivity contribution is -0.137. The summed E-state index contributed by atoms with van der Waals surface area (Å²) in [7, 11) is 0. The van der Waals surface area contributed by atoms with E-state index in [0.717, 1.165) is 0 Å². The van der Waals surface area contributed by atoms with Crippen molar-refractivity contribution < 1.29 is 22.4 Å². The molecule has 0 bridgehead atoms. The van der Waals surface area contributed by atoms with Gasteiger partial charge in [0.25, 0.3) is 0 Å². The van der Waals surface area contributed by atoms with Gasteiger partial charge >= 0.3 is 6.18 Å². The smallest absolute Gasteiger partial charge is 0.380 e. The van der Waals surface area contributed by atoms with Crippen LogP contribution in [-0.2, 0) is 13.1 Å². The lowest BCUT2D eigenvalue weighted by Crippen LogP contribution is -2.14. The molecule has 0 aliphatic heterocycles. The zero-order valence-electron chi connectivity index (χ0n) is 14.6. The van der Waals surface area contributed by atoms with Crippen LogP contribution in [0.5, 0.6) is 0 Å². The fourth-order valence-electron chi connectivity index (χ4n) is 2.76. The molecule has 2 heterocycles. The minimum absolute atomic E-state index is 0.0943. The maximum Gasteiger partial charge on any atom is 0.390 e. The van der Waals surface area contributed by atoms with Crippen LogP contribution < -0.4 is 5.32 Å². The van der Waals surface area contributed by atoms with E-state index < -0.39 is 18.4 Å². The Balaban J connectivity index is 1.85. The summed E-state index contributed by atoms with van der Waals surface area (Å²) in [5, 5.41) is 6.93. The number of pyridine rings is 1. The summed E-state index contributed by atoms with van der Waals surface area (Å²) in [6.45, 7) is -0.133. The summed E-state index contributed by atoms with van der Waals surface area (Å²) in [6, 6.07) is 9.24. The quantitative estimate of drug-likeness (QED) is 0.476. The summed E-state index contributed by atoms with van der Waals surface area (Å²) in [6.07, 6.45) is -1.93. The number of halogens is 4. The van der Waals surface area contributed by atoms with Crippen LogP contribution in [0.25, 0.3) is 11.4 Å². The molecule has 0 aliphatic carbocycles. The van der Waals surface area contributed by atoms with Crippen molar-refractivity contribution in [2.75, 3.05) is 5.32 Å². The van der Waals surface area contributed by atoms with Crippen molar-refractivity contribution in [3.8, 4) is 11.4 Å². The number of nitrogens with one attached hydrogen (secondary N) is 1. The van der Waals surface area contributed by atoms with Gasteiger partial charge in [-0.05, 0) is 29.8 Å². The molecule has 0 spiro atoms. The lowest BCUT2D eigenvalue weighted by Gasteiger charge is -2.14. The summed E-state index contributed by atoms with van der Waals surface area (Å²) in [5.41, 5.74) is 1.78. The number of rotatable bonds is 7. The van der Waals surface area contributed by atoms with Crippen LogP contribution in [-0.4, -0.2) is 27.2 Å². The Morgan fingerprint density at radius 3 is 2.68 bits per heavy atom. The third kappa shape index (κ3) is 4.54. The SMILES string of the molecule is O=Cc1c(F)cccc1NCc1cccnc1-c1ccnn1CCC(F)(F)F. The fourth-order valence-corrected chi connectivity index (χ4v) is 2.76. The predicted molar refractivity (Wildman–Crippen MR) is 95.2 cm³/mol. The van der Waals surface area contributed by atoms with Crippen molar-refractivity contribution in [2.24, 2.45) is 0 Å². The van der Waals surface area contributed by atoms with Crippen LogP contribution in [0.3, 0.4) is 0 Å². The molecule has 0 saturated heterocycles.